The number of amides is 1. The molecule has 9 heteroatoms. The average Bonchev–Trinajstić information content (AvgIpc) is 3.35. The summed E-state index contributed by atoms with van der Waals surface area (Å²) < 4.78 is 7.64. The molecule has 0 bridgehead atoms. The van der Waals surface area contributed by atoms with Crippen molar-refractivity contribution in [1.29, 1.82) is 0 Å². The number of carbonyl (C=O) groups excluding carboxylic acids is 1. The lowest BCUT2D eigenvalue weighted by molar-refractivity contribution is -0.118. The minimum Gasteiger partial charge on any atom is -0.455 e. The van der Waals surface area contributed by atoms with Crippen LogP contribution in [0.1, 0.15) is 5.76 Å². The van der Waals surface area contributed by atoms with E-state index in [1.807, 2.05) is 24.3 Å². The molecule has 0 saturated carbocycles. The first-order valence-corrected chi connectivity index (χ1v) is 11.0. The number of para-hydroxylation sites is 1. The van der Waals surface area contributed by atoms with E-state index >= 15 is 0 Å². The highest BCUT2D eigenvalue weighted by molar-refractivity contribution is 8.01. The van der Waals surface area contributed by atoms with Crippen molar-refractivity contribution in [3.8, 4) is 11.3 Å². The third kappa shape index (κ3) is 5.00. The Kier molecular flexibility index (Phi) is 6.20. The standard InChI is InChI=1S/C20H13Cl2N3O2S2/c21-12-5-7-15(22)14(9-12)17-8-6-13(27-17)10-23-25-19(26)11-28-20-24-16-3-1-2-4-18(16)29-20/h1-10H,11H2,(H,25,26)/b23-10+. The van der Waals surface area contributed by atoms with Crippen LogP contribution >= 0.6 is 46.3 Å². The zero-order valence-corrected chi connectivity index (χ0v) is 17.9. The maximum atomic E-state index is 12.0. The van der Waals surface area contributed by atoms with Gasteiger partial charge in [-0.05, 0) is 42.5 Å². The van der Waals surface area contributed by atoms with Crippen LogP contribution in [0.25, 0.3) is 21.5 Å². The smallest absolute Gasteiger partial charge is 0.250 e. The Morgan fingerprint density at radius 1 is 1.21 bits per heavy atom. The van der Waals surface area contributed by atoms with E-state index in [9.17, 15) is 4.79 Å². The molecule has 4 aromatic rings. The summed E-state index contributed by atoms with van der Waals surface area (Å²) in [5, 5.41) is 5.03. The number of hydrazone groups is 1. The third-order valence-electron chi connectivity index (χ3n) is 3.80. The van der Waals surface area contributed by atoms with Gasteiger partial charge in [0.25, 0.3) is 5.91 Å². The molecule has 5 nitrogen and oxygen atoms in total. The van der Waals surface area contributed by atoms with Crippen LogP contribution < -0.4 is 5.43 Å². The summed E-state index contributed by atoms with van der Waals surface area (Å²) in [5.41, 5.74) is 4.11. The molecule has 0 aliphatic rings. The lowest BCUT2D eigenvalue weighted by Crippen LogP contribution is -2.19. The quantitative estimate of drug-likeness (QED) is 0.213. The highest BCUT2D eigenvalue weighted by atomic mass is 35.5. The first-order valence-electron chi connectivity index (χ1n) is 8.44. The number of hydrogen-bond donors (Lipinski definition) is 1. The molecule has 0 aliphatic carbocycles. The second kappa shape index (κ2) is 9.00. The summed E-state index contributed by atoms with van der Waals surface area (Å²) in [6.07, 6.45) is 1.43. The van der Waals surface area contributed by atoms with Gasteiger partial charge >= 0.3 is 0 Å². The molecule has 2 aromatic heterocycles. The van der Waals surface area contributed by atoms with Gasteiger partial charge in [0.2, 0.25) is 0 Å². The highest BCUT2D eigenvalue weighted by Gasteiger charge is 2.09. The number of halogens is 2. The van der Waals surface area contributed by atoms with Crippen molar-refractivity contribution in [2.45, 2.75) is 4.34 Å². The second-order valence-electron chi connectivity index (χ2n) is 5.86. The van der Waals surface area contributed by atoms with Crippen LogP contribution in [-0.2, 0) is 4.79 Å². The third-order valence-corrected chi connectivity index (χ3v) is 6.55. The molecule has 0 radical (unpaired) electrons. The zero-order chi connectivity index (χ0) is 20.2. The summed E-state index contributed by atoms with van der Waals surface area (Å²) in [4.78, 5) is 16.5. The van der Waals surface area contributed by atoms with Gasteiger partial charge in [-0.1, -0.05) is 47.1 Å². The summed E-state index contributed by atoms with van der Waals surface area (Å²) in [5.74, 6) is 1.04. The van der Waals surface area contributed by atoms with Crippen molar-refractivity contribution in [3.05, 3.63) is 70.4 Å². The zero-order valence-electron chi connectivity index (χ0n) is 14.8. The summed E-state index contributed by atoms with van der Waals surface area (Å²) in [7, 11) is 0. The fourth-order valence-electron chi connectivity index (χ4n) is 2.49. The van der Waals surface area contributed by atoms with Crippen molar-refractivity contribution < 1.29 is 9.21 Å². The first kappa shape index (κ1) is 20.0. The molecule has 1 N–H and O–H groups in total. The Morgan fingerprint density at radius 2 is 2.07 bits per heavy atom. The van der Waals surface area contributed by atoms with E-state index in [-0.39, 0.29) is 11.7 Å². The van der Waals surface area contributed by atoms with E-state index in [2.05, 4.69) is 15.5 Å². The van der Waals surface area contributed by atoms with E-state index in [4.69, 9.17) is 27.6 Å². The molecule has 0 unspecified atom stereocenters. The summed E-state index contributed by atoms with van der Waals surface area (Å²) in [6.45, 7) is 0. The number of benzene rings is 2. The largest absolute Gasteiger partial charge is 0.455 e. The lowest BCUT2D eigenvalue weighted by Gasteiger charge is -2.01. The number of furan rings is 1. The molecule has 0 aliphatic heterocycles. The summed E-state index contributed by atoms with van der Waals surface area (Å²) >= 11 is 15.1. The van der Waals surface area contributed by atoms with Crippen LogP contribution in [0.4, 0.5) is 0 Å². The van der Waals surface area contributed by atoms with Crippen LogP contribution in [0.2, 0.25) is 10.0 Å². The molecule has 29 heavy (non-hydrogen) atoms. The van der Waals surface area contributed by atoms with Crippen LogP contribution in [0.15, 0.2) is 68.5 Å². The molecule has 4 rings (SSSR count). The minimum absolute atomic E-state index is 0.221. The number of thioether (sulfide) groups is 1. The van der Waals surface area contributed by atoms with E-state index in [0.29, 0.717) is 27.1 Å². The number of nitrogens with zero attached hydrogens (tertiary/aromatic N) is 2. The molecule has 0 spiro atoms. The van der Waals surface area contributed by atoms with Gasteiger partial charge in [0.15, 0.2) is 4.34 Å². The maximum absolute atomic E-state index is 12.0. The van der Waals surface area contributed by atoms with Gasteiger partial charge in [0, 0.05) is 10.6 Å². The predicted octanol–water partition coefficient (Wildman–Crippen LogP) is 6.11. The average molecular weight is 462 g/mol. The Labute approximate surface area is 184 Å². The van der Waals surface area contributed by atoms with Crippen LogP contribution in [0.3, 0.4) is 0 Å². The number of thiazole rings is 1. The lowest BCUT2D eigenvalue weighted by atomic mass is 10.2. The Hall–Kier alpha value is -2.32. The Bertz CT molecular complexity index is 1170. The fourth-order valence-corrected chi connectivity index (χ4v) is 4.74. The number of fused-ring (bicyclic) bond motifs is 1. The maximum Gasteiger partial charge on any atom is 0.250 e. The Morgan fingerprint density at radius 3 is 2.93 bits per heavy atom. The van der Waals surface area contributed by atoms with E-state index in [1.54, 1.807) is 41.7 Å². The molecule has 1 amide bonds. The number of carbonyl (C=O) groups is 1. The van der Waals surface area contributed by atoms with Crippen molar-refractivity contribution >= 4 is 68.6 Å². The molecule has 146 valence electrons. The number of hydrogen-bond acceptors (Lipinski definition) is 6. The molecule has 0 atom stereocenters. The second-order valence-corrected chi connectivity index (χ2v) is 8.95. The predicted molar refractivity (Wildman–Crippen MR) is 120 cm³/mol. The SMILES string of the molecule is O=C(CSc1nc2ccccc2s1)N/N=C/c1ccc(-c2cc(Cl)ccc2Cl)o1. The highest BCUT2D eigenvalue weighted by Crippen LogP contribution is 2.31. The molecular formula is C20H13Cl2N3O2S2. The summed E-state index contributed by atoms with van der Waals surface area (Å²) in [6, 6.07) is 16.5. The van der Waals surface area contributed by atoms with Gasteiger partial charge in [-0.15, -0.1) is 11.3 Å². The minimum atomic E-state index is -0.227. The van der Waals surface area contributed by atoms with E-state index in [0.717, 1.165) is 14.6 Å². The van der Waals surface area contributed by atoms with Crippen LogP contribution in [0, 0.1) is 0 Å². The fraction of sp³-hybridized carbons (Fsp3) is 0.0500. The first-order chi connectivity index (χ1) is 14.1. The van der Waals surface area contributed by atoms with E-state index < -0.39 is 0 Å². The topological polar surface area (TPSA) is 67.5 Å². The molecule has 2 aromatic carbocycles. The molecule has 0 saturated heterocycles. The van der Waals surface area contributed by atoms with E-state index in [1.165, 1.54) is 18.0 Å². The molecule has 2 heterocycles. The number of nitrogens with one attached hydrogen (secondary N) is 1. The van der Waals surface area contributed by atoms with Crippen molar-refractivity contribution in [3.63, 3.8) is 0 Å². The number of aromatic nitrogens is 1. The molecular weight excluding hydrogens is 449 g/mol. The Balaban J connectivity index is 1.32. The van der Waals surface area contributed by atoms with Crippen LogP contribution in [0.5, 0.6) is 0 Å². The van der Waals surface area contributed by atoms with Gasteiger partial charge in [-0.3, -0.25) is 4.79 Å². The van der Waals surface area contributed by atoms with Crippen molar-refractivity contribution in [1.82, 2.24) is 10.4 Å². The monoisotopic (exact) mass is 461 g/mol. The van der Waals surface area contributed by atoms with Gasteiger partial charge < -0.3 is 4.42 Å². The normalized spacial score (nSPS) is 11.4. The molecule has 0 fully saturated rings. The van der Waals surface area contributed by atoms with Gasteiger partial charge in [-0.2, -0.15) is 5.10 Å². The van der Waals surface area contributed by atoms with Crippen LogP contribution in [-0.4, -0.2) is 22.9 Å². The van der Waals surface area contributed by atoms with Gasteiger partial charge in [-0.25, -0.2) is 10.4 Å². The van der Waals surface area contributed by atoms with Crippen molar-refractivity contribution in [2.75, 3.05) is 5.75 Å². The van der Waals surface area contributed by atoms with Gasteiger partial charge in [0.05, 0.1) is 27.2 Å². The van der Waals surface area contributed by atoms with Gasteiger partial charge in [0.1, 0.15) is 11.5 Å². The van der Waals surface area contributed by atoms with Crippen molar-refractivity contribution in [2.24, 2.45) is 5.10 Å². The number of rotatable bonds is 6.